The predicted molar refractivity (Wildman–Crippen MR) is 109 cm³/mol. The molecule has 3 aromatic rings. The number of hydrogen-bond donors (Lipinski definition) is 2. The van der Waals surface area contributed by atoms with Crippen LogP contribution in [0.5, 0.6) is 11.5 Å². The van der Waals surface area contributed by atoms with E-state index in [4.69, 9.17) is 10.5 Å². The molecule has 1 aliphatic heterocycles. The maximum atomic E-state index is 12.6. The summed E-state index contributed by atoms with van der Waals surface area (Å²) >= 11 is 0. The Labute approximate surface area is 161 Å². The van der Waals surface area contributed by atoms with Crippen molar-refractivity contribution in [3.8, 4) is 11.5 Å². The molecule has 1 aliphatic rings. The maximum absolute atomic E-state index is 12.6. The van der Waals surface area contributed by atoms with Crippen molar-refractivity contribution in [3.63, 3.8) is 0 Å². The highest BCUT2D eigenvalue weighted by atomic mass is 19.1. The average Bonchev–Trinajstić information content (AvgIpc) is 2.70. The Morgan fingerprint density at radius 1 is 1.04 bits per heavy atom. The van der Waals surface area contributed by atoms with Gasteiger partial charge in [0, 0.05) is 40.2 Å². The first-order valence-corrected chi connectivity index (χ1v) is 8.93. The van der Waals surface area contributed by atoms with Crippen molar-refractivity contribution in [3.05, 3.63) is 87.8 Å². The summed E-state index contributed by atoms with van der Waals surface area (Å²) in [6.45, 7) is 3.32. The lowest BCUT2D eigenvalue weighted by Gasteiger charge is -2.22. The summed E-state index contributed by atoms with van der Waals surface area (Å²) in [5, 5.41) is 4.28. The Morgan fingerprint density at radius 2 is 1.86 bits per heavy atom. The van der Waals surface area contributed by atoms with Crippen molar-refractivity contribution in [2.75, 3.05) is 19.0 Å². The Balaban J connectivity index is 2.02. The maximum Gasteiger partial charge on any atom is 0.251 e. The van der Waals surface area contributed by atoms with Crippen molar-refractivity contribution in [2.24, 2.45) is 0 Å². The van der Waals surface area contributed by atoms with Crippen LogP contribution < -0.4 is 26.2 Å². The molecule has 3 N–H and O–H groups in total. The van der Waals surface area contributed by atoms with Gasteiger partial charge in [0.15, 0.2) is 0 Å². The molecule has 0 bridgehead atoms. The van der Waals surface area contributed by atoms with E-state index in [1.165, 1.54) is 0 Å². The molecule has 0 atom stereocenters. The van der Waals surface area contributed by atoms with Crippen LogP contribution in [0.1, 0.15) is 21.5 Å². The zero-order chi connectivity index (χ0) is 19.7. The first-order chi connectivity index (χ1) is 13.6. The van der Waals surface area contributed by atoms with E-state index in [1.807, 2.05) is 36.4 Å². The topological polar surface area (TPSA) is 64.3 Å². The van der Waals surface area contributed by atoms with E-state index < -0.39 is 6.67 Å². The molecule has 0 unspecified atom stereocenters. The van der Waals surface area contributed by atoms with Gasteiger partial charge < -0.3 is 15.8 Å². The summed E-state index contributed by atoms with van der Waals surface area (Å²) in [5.74, 6) is 0.950. The van der Waals surface area contributed by atoms with Gasteiger partial charge in [-0.2, -0.15) is 0 Å². The zero-order valence-electron chi connectivity index (χ0n) is 15.2. The SMILES string of the molecule is C=c1ccc2c(c1)Oc1cc(N)ccc1C=2c1ccccc1C(=O)NCCF. The van der Waals surface area contributed by atoms with Gasteiger partial charge in [-0.05, 0) is 35.0 Å². The minimum atomic E-state index is -0.616. The van der Waals surface area contributed by atoms with Gasteiger partial charge in [0.05, 0.1) is 0 Å². The second-order valence-electron chi connectivity index (χ2n) is 6.55. The van der Waals surface area contributed by atoms with E-state index in [9.17, 15) is 9.18 Å². The van der Waals surface area contributed by atoms with Gasteiger partial charge in [0.25, 0.3) is 5.91 Å². The number of nitrogens with two attached hydrogens (primary N) is 1. The lowest BCUT2D eigenvalue weighted by atomic mass is 9.89. The van der Waals surface area contributed by atoms with Crippen LogP contribution in [0.15, 0.2) is 60.7 Å². The number of carbonyl (C=O) groups is 1. The molecular formula is C23H19FN2O2. The molecule has 0 spiro atoms. The highest BCUT2D eigenvalue weighted by Gasteiger charge is 2.23. The van der Waals surface area contributed by atoms with E-state index >= 15 is 0 Å². The first kappa shape index (κ1) is 17.8. The van der Waals surface area contributed by atoms with Crippen LogP contribution in [-0.2, 0) is 0 Å². The quantitative estimate of drug-likeness (QED) is 0.540. The lowest BCUT2D eigenvalue weighted by molar-refractivity contribution is 0.0950. The molecule has 4 rings (SSSR count). The molecule has 0 radical (unpaired) electrons. The number of hydrogen-bond acceptors (Lipinski definition) is 3. The molecule has 0 fully saturated rings. The third kappa shape index (κ3) is 3.11. The third-order valence-corrected chi connectivity index (χ3v) is 4.63. The zero-order valence-corrected chi connectivity index (χ0v) is 15.2. The number of anilines is 1. The van der Waals surface area contributed by atoms with E-state index in [0.717, 1.165) is 27.1 Å². The van der Waals surface area contributed by atoms with E-state index in [1.54, 1.807) is 24.3 Å². The fraction of sp³-hybridized carbons (Fsp3) is 0.0870. The molecule has 0 saturated heterocycles. The number of fused-ring (bicyclic) bond motifs is 2. The summed E-state index contributed by atoms with van der Waals surface area (Å²) < 4.78 is 18.6. The molecular weight excluding hydrogens is 355 g/mol. The number of rotatable bonds is 4. The molecule has 1 amide bonds. The van der Waals surface area contributed by atoms with Gasteiger partial charge >= 0.3 is 0 Å². The van der Waals surface area contributed by atoms with Crippen LogP contribution in [0.3, 0.4) is 0 Å². The highest BCUT2D eigenvalue weighted by Crippen LogP contribution is 2.37. The largest absolute Gasteiger partial charge is 0.456 e. The second-order valence-corrected chi connectivity index (χ2v) is 6.55. The van der Waals surface area contributed by atoms with Crippen molar-refractivity contribution in [2.45, 2.75) is 0 Å². The molecule has 4 nitrogen and oxygen atoms in total. The molecule has 28 heavy (non-hydrogen) atoms. The molecule has 0 aromatic heterocycles. The molecule has 1 heterocycles. The number of benzene rings is 3. The summed E-state index contributed by atoms with van der Waals surface area (Å²) in [4.78, 5) is 12.6. The van der Waals surface area contributed by atoms with Gasteiger partial charge in [-0.25, -0.2) is 4.39 Å². The fourth-order valence-electron chi connectivity index (χ4n) is 3.40. The Bertz CT molecular complexity index is 1190. The number of nitrogens with one attached hydrogen (secondary N) is 1. The first-order valence-electron chi connectivity index (χ1n) is 8.93. The van der Waals surface area contributed by atoms with E-state index in [-0.39, 0.29) is 12.5 Å². The monoisotopic (exact) mass is 374 g/mol. The van der Waals surface area contributed by atoms with Crippen molar-refractivity contribution >= 4 is 23.7 Å². The van der Waals surface area contributed by atoms with Crippen LogP contribution in [0, 0.1) is 0 Å². The van der Waals surface area contributed by atoms with Gasteiger partial charge in [0.2, 0.25) is 0 Å². The van der Waals surface area contributed by atoms with Crippen LogP contribution >= 0.6 is 0 Å². The Kier molecular flexibility index (Phi) is 4.57. The predicted octanol–water partition coefficient (Wildman–Crippen LogP) is 2.73. The van der Waals surface area contributed by atoms with Gasteiger partial charge in [-0.3, -0.25) is 4.79 Å². The number of ether oxygens (including phenoxy) is 1. The van der Waals surface area contributed by atoms with Crippen molar-refractivity contribution < 1.29 is 13.9 Å². The normalized spacial score (nSPS) is 12.0. The van der Waals surface area contributed by atoms with Crippen LogP contribution in [-0.4, -0.2) is 19.1 Å². The number of carbonyl (C=O) groups excluding carboxylic acids is 1. The molecule has 140 valence electrons. The summed E-state index contributed by atoms with van der Waals surface area (Å²) in [6, 6.07) is 18.4. The Hall–Kier alpha value is -3.60. The minimum absolute atomic E-state index is 0.0276. The number of alkyl halides is 1. The van der Waals surface area contributed by atoms with Crippen molar-refractivity contribution in [1.29, 1.82) is 0 Å². The highest BCUT2D eigenvalue weighted by molar-refractivity contribution is 6.02. The Morgan fingerprint density at radius 3 is 2.68 bits per heavy atom. The van der Waals surface area contributed by atoms with E-state index in [2.05, 4.69) is 11.9 Å². The fourth-order valence-corrected chi connectivity index (χ4v) is 3.40. The summed E-state index contributed by atoms with van der Waals surface area (Å²) in [7, 11) is 0. The lowest BCUT2D eigenvalue weighted by Crippen LogP contribution is -2.27. The van der Waals surface area contributed by atoms with E-state index in [0.29, 0.717) is 22.7 Å². The van der Waals surface area contributed by atoms with Gasteiger partial charge in [-0.1, -0.05) is 36.9 Å². The molecule has 5 heteroatoms. The number of nitrogen functional groups attached to an aromatic ring is 1. The van der Waals surface area contributed by atoms with Crippen LogP contribution in [0.4, 0.5) is 10.1 Å². The van der Waals surface area contributed by atoms with Gasteiger partial charge in [0.1, 0.15) is 18.2 Å². The van der Waals surface area contributed by atoms with Gasteiger partial charge in [-0.15, -0.1) is 0 Å². The van der Waals surface area contributed by atoms with Crippen molar-refractivity contribution in [1.82, 2.24) is 5.32 Å². The standard InChI is InChI=1S/C23H19FN2O2/c1-14-6-8-18-20(12-14)28-21-13-15(25)7-9-19(21)22(18)16-4-2-3-5-17(16)23(27)26-11-10-24/h2-9,12-13H,1,10-11,25H2,(H,26,27). The smallest absolute Gasteiger partial charge is 0.251 e. The number of halogens is 1. The number of amides is 1. The molecule has 0 aliphatic carbocycles. The average molecular weight is 374 g/mol. The second kappa shape index (κ2) is 7.19. The summed E-state index contributed by atoms with van der Waals surface area (Å²) in [5.41, 5.74) is 9.45. The van der Waals surface area contributed by atoms with Crippen LogP contribution in [0.25, 0.3) is 12.2 Å². The van der Waals surface area contributed by atoms with Crippen LogP contribution in [0.2, 0.25) is 0 Å². The molecule has 3 aromatic carbocycles. The minimum Gasteiger partial charge on any atom is -0.456 e. The summed E-state index contributed by atoms with van der Waals surface area (Å²) in [6.07, 6.45) is 0. The molecule has 0 saturated carbocycles. The third-order valence-electron chi connectivity index (χ3n) is 4.63.